The van der Waals surface area contributed by atoms with Crippen LogP contribution in [0.4, 0.5) is 0 Å². The number of primary amides is 1. The fourth-order valence-corrected chi connectivity index (χ4v) is 3.00. The number of hydrogen-bond acceptors (Lipinski definition) is 4. The van der Waals surface area contributed by atoms with Crippen LogP contribution in [0.5, 0.6) is 5.75 Å². The molecule has 0 saturated carbocycles. The van der Waals surface area contributed by atoms with Crippen LogP contribution in [0, 0.1) is 0 Å². The van der Waals surface area contributed by atoms with E-state index in [1.807, 2.05) is 4.90 Å². The average molecular weight is 333 g/mol. The SMILES string of the molecule is CCCCN1CCCN(C(=O)c2ccc(OC)c(C(N)=O)c2)CC1. The fraction of sp³-hybridized carbons (Fsp3) is 0.556. The molecule has 1 fully saturated rings. The lowest BCUT2D eigenvalue weighted by molar-refractivity contribution is 0.0761. The summed E-state index contributed by atoms with van der Waals surface area (Å²) in [6.45, 7) is 6.64. The summed E-state index contributed by atoms with van der Waals surface area (Å²) in [7, 11) is 1.48. The Morgan fingerprint density at radius 2 is 2.00 bits per heavy atom. The minimum atomic E-state index is -0.594. The van der Waals surface area contributed by atoms with Gasteiger partial charge in [0, 0.05) is 25.2 Å². The number of carbonyl (C=O) groups excluding carboxylic acids is 2. The van der Waals surface area contributed by atoms with Gasteiger partial charge in [-0.15, -0.1) is 0 Å². The van der Waals surface area contributed by atoms with Gasteiger partial charge in [-0.05, 0) is 44.1 Å². The van der Waals surface area contributed by atoms with Crippen molar-refractivity contribution in [2.24, 2.45) is 5.73 Å². The second kappa shape index (κ2) is 8.68. The number of ether oxygens (including phenoxy) is 1. The summed E-state index contributed by atoms with van der Waals surface area (Å²) in [5.74, 6) is -0.263. The zero-order chi connectivity index (χ0) is 17.5. The van der Waals surface area contributed by atoms with Gasteiger partial charge in [-0.3, -0.25) is 9.59 Å². The van der Waals surface area contributed by atoms with Crippen molar-refractivity contribution < 1.29 is 14.3 Å². The van der Waals surface area contributed by atoms with Crippen LogP contribution in [0.15, 0.2) is 18.2 Å². The van der Waals surface area contributed by atoms with Crippen molar-refractivity contribution in [2.75, 3.05) is 39.8 Å². The molecule has 1 aromatic rings. The minimum absolute atomic E-state index is 0.0579. The number of hydrogen-bond donors (Lipinski definition) is 1. The smallest absolute Gasteiger partial charge is 0.253 e. The van der Waals surface area contributed by atoms with Crippen LogP contribution < -0.4 is 10.5 Å². The molecule has 1 saturated heterocycles. The molecule has 1 aliphatic heterocycles. The highest BCUT2D eigenvalue weighted by Crippen LogP contribution is 2.20. The fourth-order valence-electron chi connectivity index (χ4n) is 3.00. The van der Waals surface area contributed by atoms with Crippen molar-refractivity contribution in [3.63, 3.8) is 0 Å². The maximum Gasteiger partial charge on any atom is 0.253 e. The average Bonchev–Trinajstić information content (AvgIpc) is 2.84. The lowest BCUT2D eigenvalue weighted by atomic mass is 10.1. The summed E-state index contributed by atoms with van der Waals surface area (Å²) in [4.78, 5) is 28.6. The number of nitrogens with two attached hydrogens (primary N) is 1. The Labute approximate surface area is 143 Å². The highest BCUT2D eigenvalue weighted by atomic mass is 16.5. The molecule has 2 N–H and O–H groups in total. The first-order valence-corrected chi connectivity index (χ1v) is 8.56. The Morgan fingerprint density at radius 3 is 2.67 bits per heavy atom. The molecule has 1 aliphatic rings. The highest BCUT2D eigenvalue weighted by molar-refractivity contribution is 6.00. The molecule has 6 nitrogen and oxygen atoms in total. The van der Waals surface area contributed by atoms with Crippen LogP contribution in [-0.4, -0.2) is 61.4 Å². The van der Waals surface area contributed by atoms with Crippen molar-refractivity contribution in [3.8, 4) is 5.75 Å². The zero-order valence-corrected chi connectivity index (χ0v) is 14.6. The van der Waals surface area contributed by atoms with Crippen molar-refractivity contribution >= 4 is 11.8 Å². The first-order valence-electron chi connectivity index (χ1n) is 8.56. The van der Waals surface area contributed by atoms with E-state index in [0.717, 1.165) is 32.6 Å². The van der Waals surface area contributed by atoms with Gasteiger partial charge in [0.05, 0.1) is 12.7 Å². The molecule has 2 amide bonds. The number of benzene rings is 1. The number of carbonyl (C=O) groups is 2. The quantitative estimate of drug-likeness (QED) is 0.860. The second-order valence-electron chi connectivity index (χ2n) is 6.12. The van der Waals surface area contributed by atoms with Crippen LogP contribution in [0.2, 0.25) is 0 Å². The molecule has 0 bridgehead atoms. The number of methoxy groups -OCH3 is 1. The summed E-state index contributed by atoms with van der Waals surface area (Å²) >= 11 is 0. The van der Waals surface area contributed by atoms with E-state index in [9.17, 15) is 9.59 Å². The summed E-state index contributed by atoms with van der Waals surface area (Å²) in [5.41, 5.74) is 6.09. The molecule has 6 heteroatoms. The molecular weight excluding hydrogens is 306 g/mol. The van der Waals surface area contributed by atoms with Gasteiger partial charge < -0.3 is 20.3 Å². The summed E-state index contributed by atoms with van der Waals surface area (Å²) in [5, 5.41) is 0. The van der Waals surface area contributed by atoms with Gasteiger partial charge >= 0.3 is 0 Å². The number of rotatable bonds is 6. The van der Waals surface area contributed by atoms with Gasteiger partial charge in [-0.2, -0.15) is 0 Å². The summed E-state index contributed by atoms with van der Waals surface area (Å²) in [6.07, 6.45) is 3.34. The van der Waals surface area contributed by atoms with E-state index in [4.69, 9.17) is 10.5 Å². The van der Waals surface area contributed by atoms with Crippen molar-refractivity contribution in [2.45, 2.75) is 26.2 Å². The predicted molar refractivity (Wildman–Crippen MR) is 93.4 cm³/mol. The Kier molecular flexibility index (Phi) is 6.61. The van der Waals surface area contributed by atoms with Crippen LogP contribution in [0.25, 0.3) is 0 Å². The molecule has 132 valence electrons. The van der Waals surface area contributed by atoms with Crippen molar-refractivity contribution in [1.82, 2.24) is 9.80 Å². The maximum atomic E-state index is 12.8. The Balaban J connectivity index is 2.08. The van der Waals surface area contributed by atoms with Gasteiger partial charge in [0.1, 0.15) is 5.75 Å². The van der Waals surface area contributed by atoms with E-state index in [1.54, 1.807) is 12.1 Å². The summed E-state index contributed by atoms with van der Waals surface area (Å²) in [6, 6.07) is 4.84. The molecule has 0 aliphatic carbocycles. The van der Waals surface area contributed by atoms with Crippen molar-refractivity contribution in [3.05, 3.63) is 29.3 Å². The molecule has 0 radical (unpaired) electrons. The van der Waals surface area contributed by atoms with Gasteiger partial charge in [0.15, 0.2) is 0 Å². The normalized spacial score (nSPS) is 15.8. The minimum Gasteiger partial charge on any atom is -0.496 e. The third-order valence-corrected chi connectivity index (χ3v) is 4.42. The largest absolute Gasteiger partial charge is 0.496 e. The van der Waals surface area contributed by atoms with Crippen LogP contribution in [0.1, 0.15) is 46.9 Å². The van der Waals surface area contributed by atoms with E-state index in [1.165, 1.54) is 26.0 Å². The van der Waals surface area contributed by atoms with Crippen LogP contribution in [0.3, 0.4) is 0 Å². The lowest BCUT2D eigenvalue weighted by Gasteiger charge is -2.22. The first kappa shape index (κ1) is 18.3. The molecule has 24 heavy (non-hydrogen) atoms. The first-order chi connectivity index (χ1) is 11.6. The second-order valence-corrected chi connectivity index (χ2v) is 6.12. The molecule has 2 rings (SSSR count). The maximum absolute atomic E-state index is 12.8. The molecule has 0 atom stereocenters. The van der Waals surface area contributed by atoms with E-state index < -0.39 is 5.91 Å². The van der Waals surface area contributed by atoms with Crippen LogP contribution >= 0.6 is 0 Å². The van der Waals surface area contributed by atoms with Crippen LogP contribution in [-0.2, 0) is 0 Å². The highest BCUT2D eigenvalue weighted by Gasteiger charge is 2.21. The third-order valence-electron chi connectivity index (χ3n) is 4.42. The third kappa shape index (κ3) is 4.47. The monoisotopic (exact) mass is 333 g/mol. The number of nitrogens with zero attached hydrogens (tertiary/aromatic N) is 2. The Bertz CT molecular complexity index is 589. The number of amides is 2. The van der Waals surface area contributed by atoms with Gasteiger partial charge in [-0.1, -0.05) is 13.3 Å². The molecular formula is C18H27N3O3. The van der Waals surface area contributed by atoms with Gasteiger partial charge in [-0.25, -0.2) is 0 Å². The van der Waals surface area contributed by atoms with E-state index in [-0.39, 0.29) is 11.5 Å². The van der Waals surface area contributed by atoms with E-state index >= 15 is 0 Å². The van der Waals surface area contributed by atoms with Gasteiger partial charge in [0.25, 0.3) is 11.8 Å². The standard InChI is InChI=1S/C18H27N3O3/c1-3-4-8-20-9-5-10-21(12-11-20)18(23)14-6-7-16(24-2)15(13-14)17(19)22/h6-7,13H,3-5,8-12H2,1-2H3,(H2,19,22). The Morgan fingerprint density at radius 1 is 1.21 bits per heavy atom. The predicted octanol–water partition coefficient (Wildman–Crippen LogP) is 1.74. The number of unbranched alkanes of at least 4 members (excludes halogenated alkanes) is 1. The van der Waals surface area contributed by atoms with E-state index in [0.29, 0.717) is 17.9 Å². The Hall–Kier alpha value is -2.08. The lowest BCUT2D eigenvalue weighted by Crippen LogP contribution is -2.35. The molecule has 1 heterocycles. The molecule has 1 aromatic carbocycles. The summed E-state index contributed by atoms with van der Waals surface area (Å²) < 4.78 is 5.13. The topological polar surface area (TPSA) is 75.9 Å². The molecule has 0 spiro atoms. The van der Waals surface area contributed by atoms with Crippen molar-refractivity contribution in [1.29, 1.82) is 0 Å². The molecule has 0 aromatic heterocycles. The van der Waals surface area contributed by atoms with Gasteiger partial charge in [0.2, 0.25) is 0 Å². The zero-order valence-electron chi connectivity index (χ0n) is 14.6. The van der Waals surface area contributed by atoms with E-state index in [2.05, 4.69) is 11.8 Å². The molecule has 0 unspecified atom stereocenters.